The van der Waals surface area contributed by atoms with Crippen molar-refractivity contribution >= 4 is 5.78 Å². The van der Waals surface area contributed by atoms with Crippen LogP contribution in [0.4, 0.5) is 0 Å². The quantitative estimate of drug-likeness (QED) is 0.819. The van der Waals surface area contributed by atoms with E-state index in [9.17, 15) is 4.79 Å². The molecule has 1 aliphatic carbocycles. The summed E-state index contributed by atoms with van der Waals surface area (Å²) < 4.78 is 0. The first-order valence-corrected chi connectivity index (χ1v) is 7.24. The summed E-state index contributed by atoms with van der Waals surface area (Å²) in [5.74, 6) is 1.24. The molecule has 0 aromatic rings. The van der Waals surface area contributed by atoms with Crippen LogP contribution in [-0.2, 0) is 4.79 Å². The number of rotatable bonds is 5. The topological polar surface area (TPSA) is 40.5 Å². The summed E-state index contributed by atoms with van der Waals surface area (Å²) in [5, 5.41) is 9.02. The molecular formula is C15H29NO2. The van der Waals surface area contributed by atoms with Gasteiger partial charge in [-0.05, 0) is 30.7 Å². The lowest BCUT2D eigenvalue weighted by molar-refractivity contribution is -0.127. The highest BCUT2D eigenvalue weighted by molar-refractivity contribution is 5.82. The number of hydrogen-bond acceptors (Lipinski definition) is 3. The van der Waals surface area contributed by atoms with Gasteiger partial charge in [0, 0.05) is 25.4 Å². The van der Waals surface area contributed by atoms with Gasteiger partial charge in [-0.15, -0.1) is 0 Å². The second-order valence-corrected chi connectivity index (χ2v) is 6.62. The van der Waals surface area contributed by atoms with Gasteiger partial charge in [0.2, 0.25) is 0 Å². The molecule has 1 N–H and O–H groups in total. The molecule has 3 nitrogen and oxygen atoms in total. The molecule has 18 heavy (non-hydrogen) atoms. The molecule has 0 aliphatic heterocycles. The predicted molar refractivity (Wildman–Crippen MR) is 74.5 cm³/mol. The van der Waals surface area contributed by atoms with Gasteiger partial charge in [0.15, 0.2) is 0 Å². The van der Waals surface area contributed by atoms with Crippen LogP contribution in [0.3, 0.4) is 0 Å². The molecule has 1 rings (SSSR count). The van der Waals surface area contributed by atoms with Gasteiger partial charge >= 0.3 is 0 Å². The molecule has 3 heteroatoms. The Morgan fingerprint density at radius 3 is 2.56 bits per heavy atom. The Bertz CT molecular complexity index is 270. The zero-order chi connectivity index (χ0) is 13.8. The van der Waals surface area contributed by atoms with E-state index in [1.807, 2.05) is 0 Å². The van der Waals surface area contributed by atoms with Crippen LogP contribution in [-0.4, -0.2) is 42.0 Å². The van der Waals surface area contributed by atoms with Gasteiger partial charge in [-0.2, -0.15) is 0 Å². The number of likely N-dealkylation sites (N-methyl/N-ethyl adjacent to an activating group) is 1. The summed E-state index contributed by atoms with van der Waals surface area (Å²) in [5.41, 5.74) is 0.299. The first kappa shape index (κ1) is 15.6. The van der Waals surface area contributed by atoms with E-state index in [0.29, 0.717) is 23.7 Å². The van der Waals surface area contributed by atoms with Gasteiger partial charge in [-0.3, -0.25) is 4.79 Å². The second-order valence-electron chi connectivity index (χ2n) is 6.62. The van der Waals surface area contributed by atoms with Gasteiger partial charge in [0.05, 0.1) is 6.61 Å². The SMILES string of the molecule is CCN(CCO)CC1CC(C(C)(C)C)CCC1=O. The van der Waals surface area contributed by atoms with Crippen molar-refractivity contribution in [2.45, 2.75) is 47.0 Å². The van der Waals surface area contributed by atoms with E-state index in [1.165, 1.54) is 0 Å². The molecule has 0 amide bonds. The molecule has 106 valence electrons. The molecule has 0 heterocycles. The van der Waals surface area contributed by atoms with Gasteiger partial charge < -0.3 is 10.0 Å². The fraction of sp³-hybridized carbons (Fsp3) is 0.933. The van der Waals surface area contributed by atoms with Crippen LogP contribution in [0, 0.1) is 17.3 Å². The largest absolute Gasteiger partial charge is 0.395 e. The Labute approximate surface area is 112 Å². The van der Waals surface area contributed by atoms with E-state index in [-0.39, 0.29) is 12.5 Å². The summed E-state index contributed by atoms with van der Waals surface area (Å²) in [6.45, 7) is 11.5. The number of aliphatic hydroxyl groups is 1. The summed E-state index contributed by atoms with van der Waals surface area (Å²) in [4.78, 5) is 14.2. The Kier molecular flexibility index (Phi) is 5.80. The maximum absolute atomic E-state index is 12.0. The lowest BCUT2D eigenvalue weighted by Crippen LogP contribution is -2.40. The monoisotopic (exact) mass is 255 g/mol. The van der Waals surface area contributed by atoms with Crippen molar-refractivity contribution in [2.24, 2.45) is 17.3 Å². The van der Waals surface area contributed by atoms with Crippen LogP contribution in [0.25, 0.3) is 0 Å². The number of aliphatic hydroxyl groups excluding tert-OH is 1. The van der Waals surface area contributed by atoms with Crippen molar-refractivity contribution in [1.29, 1.82) is 0 Å². The molecule has 0 spiro atoms. The van der Waals surface area contributed by atoms with Crippen LogP contribution in [0.1, 0.15) is 47.0 Å². The highest BCUT2D eigenvalue weighted by Crippen LogP contribution is 2.39. The highest BCUT2D eigenvalue weighted by Gasteiger charge is 2.35. The molecule has 0 aromatic carbocycles. The molecular weight excluding hydrogens is 226 g/mol. The highest BCUT2D eigenvalue weighted by atomic mass is 16.3. The van der Waals surface area contributed by atoms with Crippen molar-refractivity contribution in [1.82, 2.24) is 4.90 Å². The van der Waals surface area contributed by atoms with Gasteiger partial charge in [0.1, 0.15) is 5.78 Å². The third kappa shape index (κ3) is 4.36. The van der Waals surface area contributed by atoms with E-state index in [4.69, 9.17) is 5.11 Å². The van der Waals surface area contributed by atoms with Crippen LogP contribution < -0.4 is 0 Å². The van der Waals surface area contributed by atoms with Crippen LogP contribution >= 0.6 is 0 Å². The number of carbonyl (C=O) groups is 1. The smallest absolute Gasteiger partial charge is 0.137 e. The van der Waals surface area contributed by atoms with Crippen molar-refractivity contribution < 1.29 is 9.90 Å². The summed E-state index contributed by atoms with van der Waals surface area (Å²) in [6, 6.07) is 0. The van der Waals surface area contributed by atoms with Crippen LogP contribution in [0.15, 0.2) is 0 Å². The van der Waals surface area contributed by atoms with Crippen molar-refractivity contribution in [2.75, 3.05) is 26.2 Å². The lowest BCUT2D eigenvalue weighted by atomic mass is 9.68. The first-order valence-electron chi connectivity index (χ1n) is 7.24. The van der Waals surface area contributed by atoms with Crippen molar-refractivity contribution in [3.63, 3.8) is 0 Å². The number of nitrogens with zero attached hydrogens (tertiary/aromatic N) is 1. The number of carbonyl (C=O) groups excluding carboxylic acids is 1. The summed E-state index contributed by atoms with van der Waals surface area (Å²) in [7, 11) is 0. The molecule has 0 bridgehead atoms. The molecule has 1 fully saturated rings. The van der Waals surface area contributed by atoms with E-state index in [2.05, 4.69) is 32.6 Å². The van der Waals surface area contributed by atoms with E-state index < -0.39 is 0 Å². The Hall–Kier alpha value is -0.410. The third-order valence-corrected chi connectivity index (χ3v) is 4.33. The van der Waals surface area contributed by atoms with Gasteiger partial charge in [0.25, 0.3) is 0 Å². The first-order chi connectivity index (χ1) is 8.38. The number of Topliss-reactive ketones (excluding diaryl/α,β-unsaturated/α-hetero) is 1. The molecule has 2 unspecified atom stereocenters. The van der Waals surface area contributed by atoms with E-state index in [1.54, 1.807) is 0 Å². The Balaban J connectivity index is 2.59. The summed E-state index contributed by atoms with van der Waals surface area (Å²) in [6.07, 6.45) is 2.80. The molecule has 0 aromatic heterocycles. The predicted octanol–water partition coefficient (Wildman–Crippen LogP) is 2.33. The van der Waals surface area contributed by atoms with Gasteiger partial charge in [-0.1, -0.05) is 27.7 Å². The molecule has 1 aliphatic rings. The zero-order valence-corrected chi connectivity index (χ0v) is 12.4. The van der Waals surface area contributed by atoms with Crippen LogP contribution in [0.5, 0.6) is 0 Å². The molecule has 2 atom stereocenters. The minimum Gasteiger partial charge on any atom is -0.395 e. The minimum absolute atomic E-state index is 0.175. The zero-order valence-electron chi connectivity index (χ0n) is 12.4. The number of ketones is 1. The van der Waals surface area contributed by atoms with Gasteiger partial charge in [-0.25, -0.2) is 0 Å². The molecule has 0 radical (unpaired) electrons. The fourth-order valence-corrected chi connectivity index (χ4v) is 2.91. The van der Waals surface area contributed by atoms with Crippen LogP contribution in [0.2, 0.25) is 0 Å². The standard InChI is InChI=1S/C15H29NO2/c1-5-16(8-9-17)11-12-10-13(15(2,3)4)6-7-14(12)18/h12-13,17H,5-11H2,1-4H3. The fourth-order valence-electron chi connectivity index (χ4n) is 2.91. The van der Waals surface area contributed by atoms with E-state index in [0.717, 1.165) is 32.4 Å². The maximum Gasteiger partial charge on any atom is 0.137 e. The average molecular weight is 255 g/mol. The summed E-state index contributed by atoms with van der Waals surface area (Å²) >= 11 is 0. The molecule has 1 saturated carbocycles. The Morgan fingerprint density at radius 2 is 2.06 bits per heavy atom. The maximum atomic E-state index is 12.0. The Morgan fingerprint density at radius 1 is 1.39 bits per heavy atom. The average Bonchev–Trinajstić information content (AvgIpc) is 2.29. The van der Waals surface area contributed by atoms with E-state index >= 15 is 0 Å². The second kappa shape index (κ2) is 6.67. The third-order valence-electron chi connectivity index (χ3n) is 4.33. The van der Waals surface area contributed by atoms with Crippen molar-refractivity contribution in [3.05, 3.63) is 0 Å². The lowest BCUT2D eigenvalue weighted by Gasteiger charge is -2.38. The van der Waals surface area contributed by atoms with Crippen molar-refractivity contribution in [3.8, 4) is 0 Å². The minimum atomic E-state index is 0.175. The molecule has 0 saturated heterocycles. The number of hydrogen-bond donors (Lipinski definition) is 1. The normalized spacial score (nSPS) is 25.8.